The fourth-order valence-corrected chi connectivity index (χ4v) is 4.53. The van der Waals surface area contributed by atoms with Gasteiger partial charge in [0.2, 0.25) is 5.89 Å². The third-order valence-electron chi connectivity index (χ3n) is 5.37. The van der Waals surface area contributed by atoms with Gasteiger partial charge in [0.05, 0.1) is 11.3 Å². The first-order valence-corrected chi connectivity index (χ1v) is 11.3. The minimum atomic E-state index is 0.104. The summed E-state index contributed by atoms with van der Waals surface area (Å²) in [6.07, 6.45) is 0. The first kappa shape index (κ1) is 22.1. The van der Waals surface area contributed by atoms with Crippen molar-refractivity contribution in [3.05, 3.63) is 82.2 Å². The Kier molecular flexibility index (Phi) is 6.17. The zero-order chi connectivity index (χ0) is 23.5. The van der Waals surface area contributed by atoms with Gasteiger partial charge in [0.1, 0.15) is 34.3 Å². The van der Waals surface area contributed by atoms with Gasteiger partial charge in [-0.25, -0.2) is 9.97 Å². The third-order valence-corrected chi connectivity index (χ3v) is 6.36. The number of aryl methyl sites for hydroxylation is 3. The Morgan fingerprint density at radius 1 is 0.939 bits per heavy atom. The predicted octanol–water partition coefficient (Wildman–Crippen LogP) is 5.95. The van der Waals surface area contributed by atoms with Crippen molar-refractivity contribution in [2.45, 2.75) is 31.6 Å². The van der Waals surface area contributed by atoms with E-state index in [0.29, 0.717) is 33.6 Å². The average molecular weight is 452 g/mol. The van der Waals surface area contributed by atoms with Crippen LogP contribution in [0.2, 0.25) is 0 Å². The summed E-state index contributed by atoms with van der Waals surface area (Å²) in [6, 6.07) is 19.9. The number of nitrogen functional groups attached to an aromatic ring is 1. The number of anilines is 1. The molecule has 0 aliphatic heterocycles. The van der Waals surface area contributed by atoms with Gasteiger partial charge in [-0.15, -0.1) is 0 Å². The highest BCUT2D eigenvalue weighted by molar-refractivity contribution is 7.98. The fraction of sp³-hybridized carbons (Fsp3) is 0.154. The molecule has 0 amide bonds. The van der Waals surface area contributed by atoms with E-state index in [1.54, 1.807) is 0 Å². The molecule has 0 aliphatic rings. The van der Waals surface area contributed by atoms with E-state index in [4.69, 9.17) is 10.2 Å². The Morgan fingerprint density at radius 2 is 1.64 bits per heavy atom. The molecule has 4 rings (SSSR count). The van der Waals surface area contributed by atoms with Gasteiger partial charge in [0.15, 0.2) is 0 Å². The SMILES string of the molecule is Cc1ccc(-c2c(C#N)c(N)nc(SCc3nc(-c4ccccc4C)oc3C)c2C#N)cc1. The van der Waals surface area contributed by atoms with Crippen LogP contribution in [0, 0.1) is 43.4 Å². The van der Waals surface area contributed by atoms with Gasteiger partial charge in [-0.1, -0.05) is 59.8 Å². The summed E-state index contributed by atoms with van der Waals surface area (Å²) >= 11 is 1.35. The van der Waals surface area contributed by atoms with Crippen molar-refractivity contribution in [1.82, 2.24) is 9.97 Å². The van der Waals surface area contributed by atoms with E-state index in [9.17, 15) is 10.5 Å². The maximum absolute atomic E-state index is 9.97. The molecular formula is C26H21N5OS. The number of aromatic nitrogens is 2. The lowest BCUT2D eigenvalue weighted by Gasteiger charge is -2.13. The molecule has 2 aromatic heterocycles. The predicted molar refractivity (Wildman–Crippen MR) is 129 cm³/mol. The summed E-state index contributed by atoms with van der Waals surface area (Å²) in [5, 5.41) is 20.1. The Hall–Kier alpha value is -4.07. The van der Waals surface area contributed by atoms with Crippen molar-refractivity contribution in [1.29, 1.82) is 10.5 Å². The highest BCUT2D eigenvalue weighted by Crippen LogP contribution is 2.37. The molecule has 0 unspecified atom stereocenters. The van der Waals surface area contributed by atoms with Gasteiger partial charge in [0, 0.05) is 16.9 Å². The van der Waals surface area contributed by atoms with Crippen LogP contribution in [0.15, 0.2) is 58.0 Å². The molecular weight excluding hydrogens is 430 g/mol. The number of oxazole rings is 1. The van der Waals surface area contributed by atoms with E-state index in [-0.39, 0.29) is 11.4 Å². The molecule has 7 heteroatoms. The molecule has 0 fully saturated rings. The van der Waals surface area contributed by atoms with Gasteiger partial charge in [-0.3, -0.25) is 0 Å². The Labute approximate surface area is 196 Å². The van der Waals surface area contributed by atoms with Crippen LogP contribution in [-0.4, -0.2) is 9.97 Å². The number of hydrogen-bond donors (Lipinski definition) is 1. The highest BCUT2D eigenvalue weighted by Gasteiger charge is 2.21. The van der Waals surface area contributed by atoms with E-state index in [1.165, 1.54) is 11.8 Å². The van der Waals surface area contributed by atoms with Crippen molar-refractivity contribution in [2.24, 2.45) is 0 Å². The average Bonchev–Trinajstić information content (AvgIpc) is 3.18. The third kappa shape index (κ3) is 4.32. The Morgan fingerprint density at radius 3 is 2.30 bits per heavy atom. The van der Waals surface area contributed by atoms with E-state index in [1.807, 2.05) is 69.3 Å². The number of thioether (sulfide) groups is 1. The lowest BCUT2D eigenvalue weighted by molar-refractivity contribution is 0.540. The lowest BCUT2D eigenvalue weighted by atomic mass is 9.96. The minimum Gasteiger partial charge on any atom is -0.441 e. The standard InChI is InChI=1S/C26H21N5OS/c1-15-8-10-18(11-9-15)23-20(12-27)24(29)31-26(21(23)13-28)33-14-22-17(3)32-25(30-22)19-7-5-4-6-16(19)2/h4-11H,14H2,1-3H3,(H2,29,31). The van der Waals surface area contributed by atoms with Crippen molar-refractivity contribution in [2.75, 3.05) is 5.73 Å². The van der Waals surface area contributed by atoms with Crippen molar-refractivity contribution in [3.63, 3.8) is 0 Å². The number of rotatable bonds is 5. The van der Waals surface area contributed by atoms with Crippen molar-refractivity contribution >= 4 is 17.6 Å². The van der Waals surface area contributed by atoms with Crippen LogP contribution >= 0.6 is 11.8 Å². The molecule has 33 heavy (non-hydrogen) atoms. The largest absolute Gasteiger partial charge is 0.441 e. The molecule has 0 aliphatic carbocycles. The summed E-state index contributed by atoms with van der Waals surface area (Å²) in [7, 11) is 0. The van der Waals surface area contributed by atoms with E-state index in [2.05, 4.69) is 22.1 Å². The number of hydrogen-bond acceptors (Lipinski definition) is 7. The molecule has 0 atom stereocenters. The van der Waals surface area contributed by atoms with E-state index < -0.39 is 0 Å². The zero-order valence-corrected chi connectivity index (χ0v) is 19.3. The van der Waals surface area contributed by atoms with Gasteiger partial charge >= 0.3 is 0 Å². The molecule has 6 nitrogen and oxygen atoms in total. The number of pyridine rings is 1. The second kappa shape index (κ2) is 9.20. The second-order valence-electron chi connectivity index (χ2n) is 7.64. The lowest BCUT2D eigenvalue weighted by Crippen LogP contribution is -2.03. The van der Waals surface area contributed by atoms with E-state index in [0.717, 1.165) is 27.9 Å². The smallest absolute Gasteiger partial charge is 0.226 e. The summed E-state index contributed by atoms with van der Waals surface area (Å²) in [5.41, 5.74) is 11.8. The number of nitrogens with two attached hydrogens (primary N) is 1. The van der Waals surface area contributed by atoms with Crippen LogP contribution in [-0.2, 0) is 5.75 Å². The Bertz CT molecular complexity index is 1430. The van der Waals surface area contributed by atoms with Crippen molar-refractivity contribution in [3.8, 4) is 34.7 Å². The molecule has 2 N–H and O–H groups in total. The molecule has 0 radical (unpaired) electrons. The molecule has 0 spiro atoms. The fourth-order valence-electron chi connectivity index (χ4n) is 3.54. The van der Waals surface area contributed by atoms with Crippen LogP contribution in [0.4, 0.5) is 5.82 Å². The maximum atomic E-state index is 9.97. The van der Waals surface area contributed by atoms with Crippen LogP contribution in [0.5, 0.6) is 0 Å². The topological polar surface area (TPSA) is 113 Å². The molecule has 2 aromatic carbocycles. The number of nitrogens with zero attached hydrogens (tertiary/aromatic N) is 4. The highest BCUT2D eigenvalue weighted by atomic mass is 32.2. The summed E-state index contributed by atoms with van der Waals surface area (Å²) in [6.45, 7) is 5.86. The molecule has 162 valence electrons. The first-order chi connectivity index (χ1) is 15.9. The maximum Gasteiger partial charge on any atom is 0.226 e. The van der Waals surface area contributed by atoms with Crippen LogP contribution in [0.3, 0.4) is 0 Å². The Balaban J connectivity index is 1.71. The summed E-state index contributed by atoms with van der Waals surface area (Å²) in [4.78, 5) is 9.06. The van der Waals surface area contributed by atoms with Crippen LogP contribution in [0.25, 0.3) is 22.6 Å². The van der Waals surface area contributed by atoms with E-state index >= 15 is 0 Å². The molecule has 0 bridgehead atoms. The molecule has 0 saturated carbocycles. The monoisotopic (exact) mass is 451 g/mol. The summed E-state index contributed by atoms with van der Waals surface area (Å²) in [5.74, 6) is 1.82. The quantitative estimate of drug-likeness (QED) is 0.373. The molecule has 4 aromatic rings. The molecule has 2 heterocycles. The van der Waals surface area contributed by atoms with Crippen LogP contribution in [0.1, 0.15) is 33.7 Å². The van der Waals surface area contributed by atoms with Gasteiger partial charge in [-0.2, -0.15) is 10.5 Å². The number of benzene rings is 2. The number of nitriles is 2. The molecule has 0 saturated heterocycles. The zero-order valence-electron chi connectivity index (χ0n) is 18.5. The van der Waals surface area contributed by atoms with Gasteiger partial charge in [0.25, 0.3) is 0 Å². The van der Waals surface area contributed by atoms with Gasteiger partial charge in [-0.05, 0) is 38.0 Å². The summed E-state index contributed by atoms with van der Waals surface area (Å²) < 4.78 is 5.91. The minimum absolute atomic E-state index is 0.104. The van der Waals surface area contributed by atoms with Crippen molar-refractivity contribution < 1.29 is 4.42 Å². The van der Waals surface area contributed by atoms with Crippen LogP contribution < -0.4 is 5.73 Å². The normalized spacial score (nSPS) is 10.6. The second-order valence-corrected chi connectivity index (χ2v) is 8.61. The van der Waals surface area contributed by atoms with Gasteiger partial charge < -0.3 is 10.2 Å². The first-order valence-electron chi connectivity index (χ1n) is 10.3.